The molecule has 5 atom stereocenters. The van der Waals surface area contributed by atoms with Gasteiger partial charge in [0.1, 0.15) is 18.9 Å². The zero-order chi connectivity index (χ0) is 33.9. The smallest absolute Gasteiger partial charge is 0.249 e. The molecule has 1 fully saturated rings. The minimum absolute atomic E-state index is 0.0267. The van der Waals surface area contributed by atoms with E-state index in [9.17, 15) is 28.6 Å². The summed E-state index contributed by atoms with van der Waals surface area (Å²) in [5.41, 5.74) is 3.23. The van der Waals surface area contributed by atoms with E-state index in [-0.39, 0.29) is 37.9 Å². The first-order chi connectivity index (χ1) is 22.5. The fourth-order valence-corrected chi connectivity index (χ4v) is 5.73. The second-order valence-corrected chi connectivity index (χ2v) is 12.3. The third-order valence-electron chi connectivity index (χ3n) is 8.60. The van der Waals surface area contributed by atoms with Crippen molar-refractivity contribution in [3.8, 4) is 11.1 Å². The molecule has 0 bridgehead atoms. The summed E-state index contributed by atoms with van der Waals surface area (Å²) in [4.78, 5) is 30.4. The number of aliphatic hydroxyl groups excluding tert-OH is 2. The van der Waals surface area contributed by atoms with Gasteiger partial charge in [0, 0.05) is 33.1 Å². The number of rotatable bonds is 16. The van der Waals surface area contributed by atoms with Crippen LogP contribution in [-0.2, 0) is 27.2 Å². The van der Waals surface area contributed by atoms with Gasteiger partial charge in [-0.1, -0.05) is 60.7 Å². The van der Waals surface area contributed by atoms with Crippen molar-refractivity contribution in [1.29, 1.82) is 0 Å². The predicted octanol–water partition coefficient (Wildman–Crippen LogP) is 3.13. The molecular formula is C36H46F2N4O5. The van der Waals surface area contributed by atoms with Gasteiger partial charge in [-0.3, -0.25) is 14.9 Å². The van der Waals surface area contributed by atoms with Crippen molar-refractivity contribution in [3.05, 3.63) is 95.6 Å². The second kappa shape index (κ2) is 17.4. The summed E-state index contributed by atoms with van der Waals surface area (Å²) in [7, 11) is 3.06. The molecule has 0 aliphatic carbocycles. The molecule has 1 unspecified atom stereocenters. The molecule has 0 aromatic heterocycles. The van der Waals surface area contributed by atoms with Crippen LogP contribution in [0.1, 0.15) is 30.9 Å². The highest BCUT2D eigenvalue weighted by Gasteiger charge is 2.35. The number of nitrogens with one attached hydrogen (secondary N) is 2. The van der Waals surface area contributed by atoms with E-state index in [1.807, 2.05) is 54.6 Å². The molecule has 1 aliphatic heterocycles. The number of hydrogen-bond donors (Lipinski definition) is 4. The Kier molecular flexibility index (Phi) is 13.4. The van der Waals surface area contributed by atoms with E-state index in [1.165, 1.54) is 22.9 Å². The average molecular weight is 653 g/mol. The van der Waals surface area contributed by atoms with Gasteiger partial charge < -0.3 is 30.1 Å². The lowest BCUT2D eigenvalue weighted by Gasteiger charge is -2.37. The normalized spacial score (nSPS) is 17.1. The van der Waals surface area contributed by atoms with Gasteiger partial charge in [0.25, 0.3) is 0 Å². The largest absolute Gasteiger partial charge is 0.392 e. The van der Waals surface area contributed by atoms with Crippen LogP contribution < -0.4 is 10.6 Å². The molecule has 0 saturated carbocycles. The predicted molar refractivity (Wildman–Crippen MR) is 176 cm³/mol. The van der Waals surface area contributed by atoms with E-state index in [0.717, 1.165) is 48.2 Å². The summed E-state index contributed by atoms with van der Waals surface area (Å²) in [5, 5.41) is 27.1. The fraction of sp³-hybridized carbons (Fsp3) is 0.444. The van der Waals surface area contributed by atoms with Crippen LogP contribution in [0.5, 0.6) is 0 Å². The lowest BCUT2D eigenvalue weighted by Crippen LogP contribution is -2.58. The number of carbonyl (C=O) groups excluding carboxylic acids is 2. The zero-order valence-electron chi connectivity index (χ0n) is 27.2. The zero-order valence-corrected chi connectivity index (χ0v) is 27.2. The van der Waals surface area contributed by atoms with Crippen molar-refractivity contribution in [2.75, 3.05) is 40.4 Å². The molecule has 11 heteroatoms. The van der Waals surface area contributed by atoms with E-state index in [0.29, 0.717) is 12.2 Å². The Hall–Kier alpha value is -3.74. The standard InChI is InChI=1S/C36H46F2N4O5/c1-24(43)21-40-35(45)32(20-26-13-16-30(37)31(38)18-26)42(3)36(46)33(41(2)34(44)23-47-22-29-10-7-17-39-29)19-25-11-14-28(15-12-25)27-8-5-4-6-9-27/h4-6,8-9,11-16,18,24,29,32-33,35,39-40,43,45H,7,10,17,19-23H2,1-3H3/t24-,29+,32-,33-,35?/m1/s1. The molecule has 1 heterocycles. The van der Waals surface area contributed by atoms with Crippen LogP contribution in [0.3, 0.4) is 0 Å². The maximum atomic E-state index is 14.3. The number of carbonyl (C=O) groups is 2. The topological polar surface area (TPSA) is 114 Å². The molecule has 47 heavy (non-hydrogen) atoms. The Labute approximate surface area is 275 Å². The molecule has 3 aromatic carbocycles. The van der Waals surface area contributed by atoms with Gasteiger partial charge in [0.2, 0.25) is 11.8 Å². The quantitative estimate of drug-likeness (QED) is 0.176. The maximum absolute atomic E-state index is 14.3. The van der Waals surface area contributed by atoms with Crippen LogP contribution in [0.25, 0.3) is 11.1 Å². The lowest BCUT2D eigenvalue weighted by atomic mass is 9.98. The average Bonchev–Trinajstić information content (AvgIpc) is 3.60. The van der Waals surface area contributed by atoms with Crippen LogP contribution in [0.4, 0.5) is 8.78 Å². The van der Waals surface area contributed by atoms with E-state index in [1.54, 1.807) is 14.0 Å². The van der Waals surface area contributed by atoms with Crippen LogP contribution in [0.15, 0.2) is 72.8 Å². The fourth-order valence-electron chi connectivity index (χ4n) is 5.73. The first-order valence-electron chi connectivity index (χ1n) is 16.0. The third-order valence-corrected chi connectivity index (χ3v) is 8.60. The van der Waals surface area contributed by atoms with Gasteiger partial charge in [0.05, 0.1) is 18.8 Å². The summed E-state index contributed by atoms with van der Waals surface area (Å²) in [6.07, 6.45) is 0.0583. The molecule has 2 amide bonds. The Morgan fingerprint density at radius 1 is 0.936 bits per heavy atom. The number of benzene rings is 3. The summed E-state index contributed by atoms with van der Waals surface area (Å²) in [6.45, 7) is 2.67. The number of hydrogen-bond acceptors (Lipinski definition) is 7. The van der Waals surface area contributed by atoms with Crippen LogP contribution >= 0.6 is 0 Å². The van der Waals surface area contributed by atoms with Crippen molar-refractivity contribution < 1.29 is 33.3 Å². The first kappa shape index (κ1) is 36.1. The number of aliphatic hydroxyl groups is 2. The number of ether oxygens (including phenoxy) is 1. The number of amides is 2. The van der Waals surface area contributed by atoms with Gasteiger partial charge in [-0.2, -0.15) is 0 Å². The summed E-state index contributed by atoms with van der Waals surface area (Å²) in [5.74, 6) is -2.89. The molecule has 1 aliphatic rings. The van der Waals surface area contributed by atoms with Gasteiger partial charge in [-0.25, -0.2) is 8.78 Å². The molecule has 4 rings (SSSR count). The Morgan fingerprint density at radius 3 is 2.26 bits per heavy atom. The highest BCUT2D eigenvalue weighted by Crippen LogP contribution is 2.22. The lowest BCUT2D eigenvalue weighted by molar-refractivity contribution is -0.149. The van der Waals surface area contributed by atoms with Gasteiger partial charge in [-0.05, 0) is 67.1 Å². The number of nitrogens with zero attached hydrogens (tertiary/aromatic N) is 2. The van der Waals surface area contributed by atoms with E-state index < -0.39 is 42.0 Å². The highest BCUT2D eigenvalue weighted by atomic mass is 19.2. The van der Waals surface area contributed by atoms with Gasteiger partial charge >= 0.3 is 0 Å². The Morgan fingerprint density at radius 2 is 1.62 bits per heavy atom. The minimum atomic E-state index is -1.33. The molecule has 0 spiro atoms. The highest BCUT2D eigenvalue weighted by molar-refractivity contribution is 5.88. The van der Waals surface area contributed by atoms with E-state index in [4.69, 9.17) is 4.74 Å². The van der Waals surface area contributed by atoms with Crippen molar-refractivity contribution in [2.24, 2.45) is 0 Å². The van der Waals surface area contributed by atoms with E-state index >= 15 is 0 Å². The Bertz CT molecular complexity index is 1440. The molecule has 9 nitrogen and oxygen atoms in total. The summed E-state index contributed by atoms with van der Waals surface area (Å²) < 4.78 is 33.5. The molecule has 1 saturated heterocycles. The van der Waals surface area contributed by atoms with Gasteiger partial charge in [-0.15, -0.1) is 0 Å². The van der Waals surface area contributed by atoms with Crippen LogP contribution in [0.2, 0.25) is 0 Å². The molecule has 4 N–H and O–H groups in total. The van der Waals surface area contributed by atoms with Crippen molar-refractivity contribution in [1.82, 2.24) is 20.4 Å². The maximum Gasteiger partial charge on any atom is 0.249 e. The summed E-state index contributed by atoms with van der Waals surface area (Å²) in [6, 6.07) is 19.3. The number of likely N-dealkylation sites (N-methyl/N-ethyl adjacent to an activating group) is 2. The van der Waals surface area contributed by atoms with Crippen LogP contribution in [0, 0.1) is 11.6 Å². The first-order valence-corrected chi connectivity index (χ1v) is 16.0. The van der Waals surface area contributed by atoms with E-state index in [2.05, 4.69) is 10.6 Å². The molecule has 3 aromatic rings. The molecule has 254 valence electrons. The summed E-state index contributed by atoms with van der Waals surface area (Å²) >= 11 is 0. The SMILES string of the molecule is C[C@@H](O)CNC(O)[C@@H](Cc1ccc(F)c(F)c1)N(C)C(=O)[C@@H](Cc1ccc(-c2ccccc2)cc1)N(C)C(=O)COC[C@@H]1CCCN1. The minimum Gasteiger partial charge on any atom is -0.392 e. The third kappa shape index (κ3) is 10.4. The molecular weight excluding hydrogens is 606 g/mol. The van der Waals surface area contributed by atoms with Crippen molar-refractivity contribution in [3.63, 3.8) is 0 Å². The van der Waals surface area contributed by atoms with Crippen LogP contribution in [-0.4, -0.2) is 103 Å². The second-order valence-electron chi connectivity index (χ2n) is 12.3. The van der Waals surface area contributed by atoms with Crippen molar-refractivity contribution in [2.45, 2.75) is 63.1 Å². The monoisotopic (exact) mass is 652 g/mol. The Balaban J connectivity index is 1.58. The van der Waals surface area contributed by atoms with Crippen molar-refractivity contribution >= 4 is 11.8 Å². The number of halogens is 2. The molecule has 0 radical (unpaired) electrons. The van der Waals surface area contributed by atoms with Gasteiger partial charge in [0.15, 0.2) is 11.6 Å².